The van der Waals surface area contributed by atoms with Crippen molar-refractivity contribution < 1.29 is 4.39 Å². The van der Waals surface area contributed by atoms with Crippen LogP contribution in [0.2, 0.25) is 0 Å². The van der Waals surface area contributed by atoms with Crippen molar-refractivity contribution in [1.29, 1.82) is 0 Å². The second-order valence-corrected chi connectivity index (χ2v) is 7.93. The lowest BCUT2D eigenvalue weighted by molar-refractivity contribution is 0.626. The van der Waals surface area contributed by atoms with Gasteiger partial charge in [0.25, 0.3) is 5.56 Å². The second-order valence-electron chi connectivity index (χ2n) is 7.93. The Morgan fingerprint density at radius 1 is 1.22 bits per heavy atom. The Morgan fingerprint density at radius 3 is 2.66 bits per heavy atom. The van der Waals surface area contributed by atoms with Crippen LogP contribution in [-0.4, -0.2) is 37.9 Å². The number of rotatable bonds is 10. The standard InChI is InChI=1S/C23H31FN6O2/c1-5-7-11-25-18(17-10-9-16(24)13-15(17)3)14-30-19-20(27-22(30)26-12-8-6-2)29(4)23(32)28-21(19)31/h9-10,13H,5-8,11-12,14H2,1-4H3,(H,26,27)(H,28,31,32). The molecule has 0 radical (unpaired) electrons. The summed E-state index contributed by atoms with van der Waals surface area (Å²) in [5.41, 5.74) is 1.93. The Bertz CT molecular complexity index is 1240. The number of hydrogen-bond acceptors (Lipinski definition) is 5. The van der Waals surface area contributed by atoms with Gasteiger partial charge in [-0.25, -0.2) is 9.18 Å². The number of imidazole rings is 1. The first-order chi connectivity index (χ1) is 15.4. The van der Waals surface area contributed by atoms with Crippen molar-refractivity contribution in [3.05, 3.63) is 56.0 Å². The van der Waals surface area contributed by atoms with Gasteiger partial charge in [-0.05, 0) is 43.5 Å². The lowest BCUT2D eigenvalue weighted by Gasteiger charge is -2.14. The van der Waals surface area contributed by atoms with Gasteiger partial charge in [-0.1, -0.05) is 26.7 Å². The topological polar surface area (TPSA) is 97.1 Å². The van der Waals surface area contributed by atoms with E-state index in [4.69, 9.17) is 4.99 Å². The molecule has 0 bridgehead atoms. The summed E-state index contributed by atoms with van der Waals surface area (Å²) in [7, 11) is 1.58. The van der Waals surface area contributed by atoms with Gasteiger partial charge in [0, 0.05) is 25.7 Å². The third-order valence-corrected chi connectivity index (χ3v) is 5.44. The number of unbranched alkanes of at least 4 members (excludes halogenated alkanes) is 2. The van der Waals surface area contributed by atoms with Crippen LogP contribution in [-0.2, 0) is 13.6 Å². The largest absolute Gasteiger partial charge is 0.356 e. The normalized spacial score (nSPS) is 12.0. The number of aryl methyl sites for hydroxylation is 2. The number of nitrogens with zero attached hydrogens (tertiary/aromatic N) is 4. The van der Waals surface area contributed by atoms with E-state index >= 15 is 0 Å². The number of anilines is 1. The fourth-order valence-corrected chi connectivity index (χ4v) is 3.59. The predicted octanol–water partition coefficient (Wildman–Crippen LogP) is 3.37. The third kappa shape index (κ3) is 4.98. The molecule has 0 amide bonds. The van der Waals surface area contributed by atoms with E-state index in [1.807, 2.05) is 6.92 Å². The zero-order chi connectivity index (χ0) is 23.3. The zero-order valence-corrected chi connectivity index (χ0v) is 19.2. The number of fused-ring (bicyclic) bond motifs is 1. The lowest BCUT2D eigenvalue weighted by atomic mass is 10.0. The van der Waals surface area contributed by atoms with Gasteiger partial charge in [0.15, 0.2) is 11.2 Å². The molecule has 0 unspecified atom stereocenters. The Hall–Kier alpha value is -3.23. The number of hydrogen-bond donors (Lipinski definition) is 2. The molecule has 0 atom stereocenters. The fourth-order valence-electron chi connectivity index (χ4n) is 3.59. The van der Waals surface area contributed by atoms with Crippen molar-refractivity contribution in [2.45, 2.75) is 53.0 Å². The molecule has 8 nitrogen and oxygen atoms in total. The van der Waals surface area contributed by atoms with Crippen LogP contribution >= 0.6 is 0 Å². The van der Waals surface area contributed by atoms with Gasteiger partial charge < -0.3 is 5.32 Å². The van der Waals surface area contributed by atoms with E-state index in [-0.39, 0.29) is 12.4 Å². The maximum Gasteiger partial charge on any atom is 0.329 e. The van der Waals surface area contributed by atoms with Crippen LogP contribution in [0, 0.1) is 12.7 Å². The van der Waals surface area contributed by atoms with E-state index in [0.717, 1.165) is 42.5 Å². The summed E-state index contributed by atoms with van der Waals surface area (Å²) in [4.78, 5) is 36.6. The number of benzene rings is 1. The molecule has 1 aromatic carbocycles. The predicted molar refractivity (Wildman–Crippen MR) is 126 cm³/mol. The van der Waals surface area contributed by atoms with Crippen molar-refractivity contribution in [1.82, 2.24) is 19.1 Å². The van der Waals surface area contributed by atoms with Crippen LogP contribution in [0.25, 0.3) is 11.2 Å². The SMILES string of the molecule is CCCCN=C(Cn1c(NCCCC)nc2c1c(=O)[nH]c(=O)n2C)c1ccc(F)cc1C. The van der Waals surface area contributed by atoms with Crippen molar-refractivity contribution in [2.24, 2.45) is 12.0 Å². The summed E-state index contributed by atoms with van der Waals surface area (Å²) in [6.07, 6.45) is 3.86. The zero-order valence-electron chi connectivity index (χ0n) is 19.2. The van der Waals surface area contributed by atoms with E-state index in [0.29, 0.717) is 30.2 Å². The third-order valence-electron chi connectivity index (χ3n) is 5.44. The molecule has 172 valence electrons. The highest BCUT2D eigenvalue weighted by atomic mass is 19.1. The molecule has 3 rings (SSSR count). The highest BCUT2D eigenvalue weighted by Gasteiger charge is 2.20. The van der Waals surface area contributed by atoms with E-state index in [9.17, 15) is 14.0 Å². The molecule has 2 N–H and O–H groups in total. The highest BCUT2D eigenvalue weighted by molar-refractivity contribution is 6.02. The molecule has 32 heavy (non-hydrogen) atoms. The van der Waals surface area contributed by atoms with Crippen LogP contribution in [0.3, 0.4) is 0 Å². The first-order valence-electron chi connectivity index (χ1n) is 11.1. The number of H-pyrrole nitrogens is 1. The lowest BCUT2D eigenvalue weighted by Crippen LogP contribution is -2.29. The summed E-state index contributed by atoms with van der Waals surface area (Å²) in [5.74, 6) is 0.198. The first-order valence-corrected chi connectivity index (χ1v) is 11.1. The van der Waals surface area contributed by atoms with Gasteiger partial charge in [0.05, 0.1) is 12.3 Å². The molecule has 0 aliphatic rings. The fraction of sp³-hybridized carbons (Fsp3) is 0.478. The minimum absolute atomic E-state index is 0.266. The van der Waals surface area contributed by atoms with Gasteiger partial charge in [-0.2, -0.15) is 4.98 Å². The van der Waals surface area contributed by atoms with Gasteiger partial charge >= 0.3 is 5.69 Å². The number of aliphatic imine (C=N–C) groups is 1. The van der Waals surface area contributed by atoms with Crippen molar-refractivity contribution in [3.63, 3.8) is 0 Å². The summed E-state index contributed by atoms with van der Waals surface area (Å²) < 4.78 is 16.8. The molecule has 2 aromatic heterocycles. The maximum atomic E-state index is 13.7. The van der Waals surface area contributed by atoms with E-state index in [1.54, 1.807) is 17.7 Å². The molecule has 3 aromatic rings. The first kappa shape index (κ1) is 23.4. The average molecular weight is 443 g/mol. The van der Waals surface area contributed by atoms with Crippen molar-refractivity contribution in [3.8, 4) is 0 Å². The maximum absolute atomic E-state index is 13.7. The van der Waals surface area contributed by atoms with Gasteiger partial charge in [-0.3, -0.25) is 23.9 Å². The molecule has 0 fully saturated rings. The summed E-state index contributed by atoms with van der Waals surface area (Å²) in [6.45, 7) is 7.61. The number of aromatic amines is 1. The molecule has 2 heterocycles. The molecule has 0 saturated heterocycles. The number of halogens is 1. The Kier molecular flexibility index (Phi) is 7.61. The molecule has 9 heteroatoms. The Balaban J connectivity index is 2.16. The van der Waals surface area contributed by atoms with Gasteiger partial charge in [-0.15, -0.1) is 0 Å². The highest BCUT2D eigenvalue weighted by Crippen LogP contribution is 2.19. The van der Waals surface area contributed by atoms with Crippen LogP contribution in [0.1, 0.15) is 50.7 Å². The Morgan fingerprint density at radius 2 is 1.97 bits per heavy atom. The van der Waals surface area contributed by atoms with E-state index < -0.39 is 11.2 Å². The summed E-state index contributed by atoms with van der Waals surface area (Å²) >= 11 is 0. The van der Waals surface area contributed by atoms with Crippen LogP contribution in [0.4, 0.5) is 10.3 Å². The minimum Gasteiger partial charge on any atom is -0.356 e. The average Bonchev–Trinajstić information content (AvgIpc) is 3.11. The van der Waals surface area contributed by atoms with Crippen LogP contribution in [0.5, 0.6) is 0 Å². The molecule has 0 saturated carbocycles. The van der Waals surface area contributed by atoms with Crippen LogP contribution in [0.15, 0.2) is 32.8 Å². The second kappa shape index (κ2) is 10.4. The number of aromatic nitrogens is 4. The number of nitrogens with one attached hydrogen (secondary N) is 2. The summed E-state index contributed by atoms with van der Waals surface area (Å²) in [5, 5.41) is 3.29. The molecule has 0 aliphatic carbocycles. The van der Waals surface area contributed by atoms with Crippen molar-refractivity contribution >= 4 is 22.8 Å². The van der Waals surface area contributed by atoms with Crippen LogP contribution < -0.4 is 16.6 Å². The summed E-state index contributed by atoms with van der Waals surface area (Å²) in [6, 6.07) is 4.62. The smallest absolute Gasteiger partial charge is 0.329 e. The van der Waals surface area contributed by atoms with Gasteiger partial charge in [0.1, 0.15) is 5.82 Å². The van der Waals surface area contributed by atoms with E-state index in [1.165, 1.54) is 16.7 Å². The van der Waals surface area contributed by atoms with E-state index in [2.05, 4.69) is 29.1 Å². The molecule has 0 spiro atoms. The molecular weight excluding hydrogens is 411 g/mol. The quantitative estimate of drug-likeness (QED) is 0.372. The van der Waals surface area contributed by atoms with Crippen molar-refractivity contribution in [2.75, 3.05) is 18.4 Å². The Labute approximate surface area is 186 Å². The monoisotopic (exact) mass is 442 g/mol. The minimum atomic E-state index is -0.515. The molecule has 0 aliphatic heterocycles. The molecular formula is C23H31FN6O2. The van der Waals surface area contributed by atoms with Gasteiger partial charge in [0.2, 0.25) is 5.95 Å².